The Morgan fingerprint density at radius 1 is 1.58 bits per heavy atom. The fraction of sp³-hybridized carbons (Fsp3) is 0.250. The fourth-order valence-corrected chi connectivity index (χ4v) is 1.12. The SMILES string of the molecule is COC(=O)c1nc(Br)ccc1C. The van der Waals surface area contributed by atoms with Crippen LogP contribution in [0.15, 0.2) is 16.7 Å². The van der Waals surface area contributed by atoms with E-state index in [-0.39, 0.29) is 0 Å². The lowest BCUT2D eigenvalue weighted by atomic mass is 10.2. The van der Waals surface area contributed by atoms with E-state index in [1.54, 1.807) is 6.07 Å². The van der Waals surface area contributed by atoms with Crippen LogP contribution in [0.4, 0.5) is 0 Å². The third-order valence-corrected chi connectivity index (χ3v) is 1.88. The van der Waals surface area contributed by atoms with E-state index in [2.05, 4.69) is 25.7 Å². The van der Waals surface area contributed by atoms with E-state index in [4.69, 9.17) is 0 Å². The molecule has 1 rings (SSSR count). The number of hydrogen-bond donors (Lipinski definition) is 0. The standard InChI is InChI=1S/C8H8BrNO2/c1-5-3-4-6(9)10-7(5)8(11)12-2/h3-4H,1-2H3. The number of nitrogens with zero attached hydrogens (tertiary/aromatic N) is 1. The summed E-state index contributed by atoms with van der Waals surface area (Å²) >= 11 is 3.17. The smallest absolute Gasteiger partial charge is 0.356 e. The maximum absolute atomic E-state index is 11.1. The Kier molecular flexibility index (Phi) is 2.81. The van der Waals surface area contributed by atoms with E-state index in [1.165, 1.54) is 7.11 Å². The van der Waals surface area contributed by atoms with Crippen LogP contribution in [0, 0.1) is 6.92 Å². The number of aromatic nitrogens is 1. The molecule has 0 radical (unpaired) electrons. The van der Waals surface area contributed by atoms with Crippen molar-refractivity contribution in [3.8, 4) is 0 Å². The largest absolute Gasteiger partial charge is 0.464 e. The topological polar surface area (TPSA) is 39.2 Å². The van der Waals surface area contributed by atoms with Gasteiger partial charge in [0.2, 0.25) is 0 Å². The van der Waals surface area contributed by atoms with Gasteiger partial charge >= 0.3 is 5.97 Å². The lowest BCUT2D eigenvalue weighted by Crippen LogP contribution is -2.06. The molecule has 1 heterocycles. The van der Waals surface area contributed by atoms with Crippen LogP contribution < -0.4 is 0 Å². The number of methoxy groups -OCH3 is 1. The minimum atomic E-state index is -0.409. The summed E-state index contributed by atoms with van der Waals surface area (Å²) < 4.78 is 5.18. The average Bonchev–Trinajstić information content (AvgIpc) is 2.08. The predicted molar refractivity (Wildman–Crippen MR) is 48.0 cm³/mol. The molecule has 0 bridgehead atoms. The van der Waals surface area contributed by atoms with Crippen molar-refractivity contribution in [2.45, 2.75) is 6.92 Å². The molecule has 64 valence electrons. The van der Waals surface area contributed by atoms with Gasteiger partial charge < -0.3 is 4.74 Å². The summed E-state index contributed by atoms with van der Waals surface area (Å²) in [5, 5.41) is 0. The van der Waals surface area contributed by atoms with Crippen LogP contribution in [0.2, 0.25) is 0 Å². The second-order valence-electron chi connectivity index (χ2n) is 2.29. The van der Waals surface area contributed by atoms with Crippen molar-refractivity contribution < 1.29 is 9.53 Å². The van der Waals surface area contributed by atoms with Gasteiger partial charge in [-0.25, -0.2) is 9.78 Å². The second kappa shape index (κ2) is 3.67. The molecule has 0 unspecified atom stereocenters. The monoisotopic (exact) mass is 229 g/mol. The molecule has 0 aliphatic heterocycles. The minimum absolute atomic E-state index is 0.354. The van der Waals surface area contributed by atoms with E-state index in [0.717, 1.165) is 5.56 Å². The predicted octanol–water partition coefficient (Wildman–Crippen LogP) is 1.94. The summed E-state index contributed by atoms with van der Waals surface area (Å²) in [5.41, 5.74) is 1.16. The normalized spacial score (nSPS) is 9.58. The first-order valence-corrected chi connectivity index (χ1v) is 4.16. The van der Waals surface area contributed by atoms with E-state index in [0.29, 0.717) is 10.3 Å². The van der Waals surface area contributed by atoms with Gasteiger partial charge in [-0.1, -0.05) is 6.07 Å². The van der Waals surface area contributed by atoms with Gasteiger partial charge in [-0.3, -0.25) is 0 Å². The van der Waals surface area contributed by atoms with Crippen LogP contribution in [-0.2, 0) is 4.74 Å². The van der Waals surface area contributed by atoms with Gasteiger partial charge in [0, 0.05) is 0 Å². The molecule has 0 aliphatic carbocycles. The first-order valence-electron chi connectivity index (χ1n) is 3.36. The highest BCUT2D eigenvalue weighted by Crippen LogP contribution is 2.11. The number of aryl methyl sites for hydroxylation is 1. The minimum Gasteiger partial charge on any atom is -0.464 e. The Morgan fingerprint density at radius 3 is 2.83 bits per heavy atom. The Balaban J connectivity index is 3.13. The summed E-state index contributed by atoms with van der Waals surface area (Å²) in [6.07, 6.45) is 0. The molecular formula is C8H8BrNO2. The number of esters is 1. The van der Waals surface area contributed by atoms with E-state index < -0.39 is 5.97 Å². The summed E-state index contributed by atoms with van der Waals surface area (Å²) in [4.78, 5) is 15.1. The lowest BCUT2D eigenvalue weighted by molar-refractivity contribution is 0.0593. The maximum Gasteiger partial charge on any atom is 0.356 e. The molecule has 0 saturated heterocycles. The quantitative estimate of drug-likeness (QED) is 0.546. The van der Waals surface area contributed by atoms with Gasteiger partial charge in [-0.2, -0.15) is 0 Å². The second-order valence-corrected chi connectivity index (χ2v) is 3.10. The van der Waals surface area contributed by atoms with E-state index >= 15 is 0 Å². The Labute approximate surface area is 78.9 Å². The number of carbonyl (C=O) groups excluding carboxylic acids is 1. The maximum atomic E-state index is 11.1. The number of carbonyl (C=O) groups is 1. The molecule has 0 fully saturated rings. The van der Waals surface area contributed by atoms with Crippen LogP contribution in [0.5, 0.6) is 0 Å². The zero-order valence-corrected chi connectivity index (χ0v) is 8.38. The van der Waals surface area contributed by atoms with E-state index in [9.17, 15) is 4.79 Å². The van der Waals surface area contributed by atoms with Crippen molar-refractivity contribution in [2.75, 3.05) is 7.11 Å². The number of ether oxygens (including phenoxy) is 1. The van der Waals surface area contributed by atoms with Gasteiger partial charge in [0.15, 0.2) is 5.69 Å². The number of hydrogen-bond acceptors (Lipinski definition) is 3. The van der Waals surface area contributed by atoms with Gasteiger partial charge in [0.25, 0.3) is 0 Å². The molecule has 0 N–H and O–H groups in total. The van der Waals surface area contributed by atoms with Gasteiger partial charge in [-0.15, -0.1) is 0 Å². The number of pyridine rings is 1. The zero-order valence-electron chi connectivity index (χ0n) is 6.80. The molecule has 1 aromatic heterocycles. The van der Waals surface area contributed by atoms with Gasteiger partial charge in [0.05, 0.1) is 7.11 Å². The van der Waals surface area contributed by atoms with Crippen LogP contribution in [-0.4, -0.2) is 18.1 Å². The zero-order chi connectivity index (χ0) is 9.14. The van der Waals surface area contributed by atoms with Crippen molar-refractivity contribution in [1.29, 1.82) is 0 Å². The van der Waals surface area contributed by atoms with Gasteiger partial charge in [-0.05, 0) is 34.5 Å². The van der Waals surface area contributed by atoms with Crippen molar-refractivity contribution in [2.24, 2.45) is 0 Å². The van der Waals surface area contributed by atoms with Crippen molar-refractivity contribution in [3.05, 3.63) is 28.0 Å². The molecule has 12 heavy (non-hydrogen) atoms. The molecule has 0 saturated carbocycles. The molecular weight excluding hydrogens is 222 g/mol. The first-order chi connectivity index (χ1) is 5.65. The summed E-state index contributed by atoms with van der Waals surface area (Å²) in [7, 11) is 1.34. The van der Waals surface area contributed by atoms with Crippen LogP contribution in [0.1, 0.15) is 16.1 Å². The fourth-order valence-electron chi connectivity index (χ4n) is 0.808. The Morgan fingerprint density at radius 2 is 2.25 bits per heavy atom. The molecule has 0 amide bonds. The van der Waals surface area contributed by atoms with E-state index in [1.807, 2.05) is 13.0 Å². The highest BCUT2D eigenvalue weighted by molar-refractivity contribution is 9.10. The van der Waals surface area contributed by atoms with Crippen LogP contribution in [0.25, 0.3) is 0 Å². The highest BCUT2D eigenvalue weighted by atomic mass is 79.9. The molecule has 1 aromatic rings. The third kappa shape index (κ3) is 1.82. The molecule has 0 aliphatic rings. The number of halogens is 1. The Bertz CT molecular complexity index is 312. The molecule has 3 nitrogen and oxygen atoms in total. The number of rotatable bonds is 1. The van der Waals surface area contributed by atoms with Crippen molar-refractivity contribution in [1.82, 2.24) is 4.98 Å². The summed E-state index contributed by atoms with van der Waals surface area (Å²) in [5.74, 6) is -0.409. The molecule has 0 aromatic carbocycles. The van der Waals surface area contributed by atoms with Crippen molar-refractivity contribution >= 4 is 21.9 Å². The highest BCUT2D eigenvalue weighted by Gasteiger charge is 2.10. The Hall–Kier alpha value is -0.900. The lowest BCUT2D eigenvalue weighted by Gasteiger charge is -2.01. The summed E-state index contributed by atoms with van der Waals surface area (Å²) in [6, 6.07) is 3.59. The third-order valence-electron chi connectivity index (χ3n) is 1.44. The average molecular weight is 230 g/mol. The van der Waals surface area contributed by atoms with Crippen LogP contribution >= 0.6 is 15.9 Å². The van der Waals surface area contributed by atoms with Crippen LogP contribution in [0.3, 0.4) is 0 Å². The molecule has 4 heteroatoms. The molecule has 0 spiro atoms. The first kappa shape index (κ1) is 9.19. The molecule has 0 atom stereocenters. The summed E-state index contributed by atoms with van der Waals surface area (Å²) in [6.45, 7) is 1.81. The van der Waals surface area contributed by atoms with Crippen molar-refractivity contribution in [3.63, 3.8) is 0 Å². The van der Waals surface area contributed by atoms with Gasteiger partial charge in [0.1, 0.15) is 4.60 Å².